The molecule has 0 bridgehead atoms. The third-order valence-corrected chi connectivity index (χ3v) is 3.58. The van der Waals surface area contributed by atoms with Crippen molar-refractivity contribution in [2.75, 3.05) is 6.54 Å². The molecule has 0 fully saturated rings. The van der Waals surface area contributed by atoms with E-state index in [4.69, 9.17) is 17.7 Å². The van der Waals surface area contributed by atoms with Crippen LogP contribution in [0, 0.1) is 5.41 Å². The zero-order valence-electron chi connectivity index (χ0n) is 9.40. The molecule has 0 aromatic carbocycles. The van der Waals surface area contributed by atoms with Gasteiger partial charge in [0.15, 0.2) is 0 Å². The van der Waals surface area contributed by atoms with Crippen LogP contribution < -0.4 is 39.6 Å². The Bertz CT molecular complexity index is 172. The number of nitrogens with two attached hydrogens (primary N) is 3. The summed E-state index contributed by atoms with van der Waals surface area (Å²) < 4.78 is 4.19. The van der Waals surface area contributed by atoms with E-state index in [0.717, 1.165) is 12.8 Å². The van der Waals surface area contributed by atoms with Gasteiger partial charge in [0.05, 0.1) is 0 Å². The van der Waals surface area contributed by atoms with Gasteiger partial charge < -0.3 is 0 Å². The van der Waals surface area contributed by atoms with Crippen LogP contribution in [-0.4, -0.2) is 9.57 Å². The Hall–Kier alpha value is 0.450. The summed E-state index contributed by atoms with van der Waals surface area (Å²) in [6.45, 7) is 6.99. The molecule has 0 aliphatic heterocycles. The minimum atomic E-state index is -1.05. The summed E-state index contributed by atoms with van der Waals surface area (Å²) in [6.07, 6.45) is 1.87. The molecule has 7 nitrogen and oxygen atoms in total. The van der Waals surface area contributed by atoms with E-state index < -0.39 is 21.9 Å². The number of quaternary nitrogens is 1. The summed E-state index contributed by atoms with van der Waals surface area (Å²) in [5, 5.41) is 0. The van der Waals surface area contributed by atoms with Crippen LogP contribution in [0.1, 0.15) is 33.6 Å². The van der Waals surface area contributed by atoms with Crippen molar-refractivity contribution in [1.29, 1.82) is 0 Å². The fourth-order valence-electron chi connectivity index (χ4n) is 1.06. The van der Waals surface area contributed by atoms with Crippen molar-refractivity contribution in [3.8, 4) is 0 Å². The molecule has 8 heteroatoms. The summed E-state index contributed by atoms with van der Waals surface area (Å²) in [6, 6.07) is 0. The topological polar surface area (TPSA) is 106 Å². The van der Waals surface area contributed by atoms with Crippen molar-refractivity contribution in [3.63, 3.8) is 0 Å². The molecule has 6 N–H and O–H groups in total. The van der Waals surface area contributed by atoms with Gasteiger partial charge in [-0.05, 0) is 0 Å². The van der Waals surface area contributed by atoms with Crippen LogP contribution in [0.25, 0.3) is 0 Å². The summed E-state index contributed by atoms with van der Waals surface area (Å²) in [4.78, 5) is 9.35. The van der Waals surface area contributed by atoms with Crippen LogP contribution in [0.15, 0.2) is 0 Å². The summed E-state index contributed by atoms with van der Waals surface area (Å²) in [7, 11) is 0. The van der Waals surface area contributed by atoms with Gasteiger partial charge >= 0.3 is 101 Å². The Labute approximate surface area is 101 Å². The number of hydrogen-bond acceptors (Lipinski definition) is 6. The van der Waals surface area contributed by atoms with E-state index in [-0.39, 0.29) is 8.44 Å². The predicted octanol–water partition coefficient (Wildman–Crippen LogP) is -2.95. The molecule has 15 heavy (non-hydrogen) atoms. The first kappa shape index (κ1) is 15.4. The van der Waals surface area contributed by atoms with Gasteiger partial charge in [-0.1, -0.05) is 0 Å². The van der Waals surface area contributed by atoms with E-state index in [0.29, 0.717) is 6.54 Å². The number of halogens is 1. The molecule has 0 aliphatic rings. The van der Waals surface area contributed by atoms with Crippen molar-refractivity contribution >= 4 is 0 Å². The Balaban J connectivity index is 4.06. The van der Waals surface area contributed by atoms with Crippen LogP contribution >= 0.6 is 0 Å². The van der Waals surface area contributed by atoms with Crippen LogP contribution in [0.4, 0.5) is 0 Å². The average molecular weight is 336 g/mol. The van der Waals surface area contributed by atoms with Crippen LogP contribution in [0.2, 0.25) is 0 Å². The van der Waals surface area contributed by atoms with Crippen molar-refractivity contribution in [1.82, 2.24) is 0 Å². The first-order valence-corrected chi connectivity index (χ1v) is 6.41. The predicted molar refractivity (Wildman–Crippen MR) is 49.6 cm³/mol. The number of hydroxylamine groups is 2. The molecule has 0 amide bonds. The molecule has 0 aliphatic carbocycles. The summed E-state index contributed by atoms with van der Waals surface area (Å²) in [5.41, 5.74) is 0.251. The molecule has 0 radical (unpaired) electrons. The van der Waals surface area contributed by atoms with Crippen molar-refractivity contribution in [2.45, 2.75) is 33.6 Å². The van der Waals surface area contributed by atoms with Crippen LogP contribution in [-0.2, 0) is 13.0 Å². The summed E-state index contributed by atoms with van der Waals surface area (Å²) >= 11 is -1.05. The fraction of sp³-hybridized carbons (Fsp3) is 1.00. The standard InChI is InChI=1S/C7H21IN4O3/c1-7(2,3)5-4-6-12(14-10,15-11)8-13-9/h4-6,9-11H2,1-3H3. The number of hydrogen-bond donors (Lipinski definition) is 3. The normalized spacial score (nSPS) is 13.5. The number of nitrogens with zero attached hydrogens (tertiary/aromatic N) is 1. The second-order valence-electron chi connectivity index (χ2n) is 4.35. The van der Waals surface area contributed by atoms with Crippen LogP contribution in [0.5, 0.6) is 0 Å². The Morgan fingerprint density at radius 1 is 1.13 bits per heavy atom. The van der Waals surface area contributed by atoms with Crippen molar-refractivity contribution < 1.29 is 38.0 Å². The Morgan fingerprint density at radius 2 is 1.67 bits per heavy atom. The van der Waals surface area contributed by atoms with E-state index in [1.54, 1.807) is 0 Å². The van der Waals surface area contributed by atoms with Gasteiger partial charge in [-0.15, -0.1) is 0 Å². The molecule has 0 saturated heterocycles. The molecule has 0 unspecified atom stereocenters. The third-order valence-electron chi connectivity index (χ3n) is 1.81. The first-order chi connectivity index (χ1) is 6.89. The minimum absolute atomic E-state index is 0.251. The van der Waals surface area contributed by atoms with E-state index in [1.165, 1.54) is 0 Å². The molecular weight excluding hydrogens is 315 g/mol. The molecule has 0 aromatic heterocycles. The van der Waals surface area contributed by atoms with Gasteiger partial charge in [0.2, 0.25) is 0 Å². The van der Waals surface area contributed by atoms with Crippen LogP contribution in [0.3, 0.4) is 0 Å². The van der Waals surface area contributed by atoms with Crippen molar-refractivity contribution in [3.05, 3.63) is 0 Å². The molecule has 0 spiro atoms. The maximum absolute atomic E-state index is 5.11. The first-order valence-electron chi connectivity index (χ1n) is 4.57. The quantitative estimate of drug-likeness (QED) is 0.261. The maximum atomic E-state index is 5.11. The van der Waals surface area contributed by atoms with Gasteiger partial charge in [-0.3, -0.25) is 0 Å². The monoisotopic (exact) mass is 336 g/mol. The fourth-order valence-corrected chi connectivity index (χ4v) is 2.13. The van der Waals surface area contributed by atoms with Crippen molar-refractivity contribution in [2.24, 2.45) is 23.1 Å². The molecule has 0 saturated carbocycles. The molecular formula is C7H21IN4O3. The summed E-state index contributed by atoms with van der Waals surface area (Å²) in [5.74, 6) is 15.2. The van der Waals surface area contributed by atoms with E-state index in [2.05, 4.69) is 33.8 Å². The second kappa shape index (κ2) is 6.91. The van der Waals surface area contributed by atoms with E-state index in [1.807, 2.05) is 0 Å². The van der Waals surface area contributed by atoms with Gasteiger partial charge in [0, 0.05) is 0 Å². The molecule has 94 valence electrons. The SMILES string of the molecule is CC(C)(C)CCC[N+](ON)(ON)[I-]ON. The Kier molecular flexibility index (Phi) is 7.12. The number of rotatable bonds is 7. The van der Waals surface area contributed by atoms with Gasteiger partial charge in [0.25, 0.3) is 0 Å². The van der Waals surface area contributed by atoms with Gasteiger partial charge in [-0.25, -0.2) is 0 Å². The van der Waals surface area contributed by atoms with E-state index >= 15 is 0 Å². The average Bonchev–Trinajstić information content (AvgIpc) is 2.14. The second-order valence-corrected chi connectivity index (χ2v) is 6.72. The van der Waals surface area contributed by atoms with Gasteiger partial charge in [-0.2, -0.15) is 0 Å². The molecule has 0 heterocycles. The Morgan fingerprint density at radius 3 is 2.00 bits per heavy atom. The zero-order valence-corrected chi connectivity index (χ0v) is 11.6. The molecule has 0 rings (SSSR count). The molecule has 0 aromatic rings. The third kappa shape index (κ3) is 6.58. The zero-order chi connectivity index (χ0) is 11.9. The molecule has 0 atom stereocenters. The van der Waals surface area contributed by atoms with E-state index in [9.17, 15) is 0 Å². The van der Waals surface area contributed by atoms with Gasteiger partial charge in [0.1, 0.15) is 0 Å².